The summed E-state index contributed by atoms with van der Waals surface area (Å²) in [5, 5.41) is 3.62. The highest BCUT2D eigenvalue weighted by atomic mass is 35.5. The van der Waals surface area contributed by atoms with E-state index in [2.05, 4.69) is 5.32 Å². The number of halogens is 2. The van der Waals surface area contributed by atoms with Crippen LogP contribution in [0.15, 0.2) is 42.6 Å². The number of carbonyl (C=O) groups excluding carboxylic acids is 3. The third kappa shape index (κ3) is 5.25. The van der Waals surface area contributed by atoms with Crippen LogP contribution in [0.4, 0.5) is 4.39 Å². The number of hydrogen-bond donors (Lipinski definition) is 1. The number of nitrogens with zero attached hydrogens (tertiary/aromatic N) is 2. The number of hydrogen-bond acceptors (Lipinski definition) is 3. The molecule has 1 aliphatic rings. The van der Waals surface area contributed by atoms with Gasteiger partial charge in [-0.15, -0.1) is 0 Å². The topological polar surface area (TPSA) is 71.4 Å². The van der Waals surface area contributed by atoms with Gasteiger partial charge in [-0.25, -0.2) is 4.39 Å². The first-order valence-electron chi connectivity index (χ1n) is 10.9. The van der Waals surface area contributed by atoms with E-state index in [1.165, 1.54) is 6.07 Å². The van der Waals surface area contributed by atoms with Crippen LogP contribution in [0.3, 0.4) is 0 Å². The SMILES string of the molecule is Cc1ccc2c(CC=O)cn(CC(=O)N(CC(=O)NCc3cccc(Cl)c3F)C3CC3)c2c1. The summed E-state index contributed by atoms with van der Waals surface area (Å²) in [5.41, 5.74) is 3.10. The Morgan fingerprint density at radius 1 is 1.24 bits per heavy atom. The second-order valence-electron chi connectivity index (χ2n) is 8.42. The number of aromatic nitrogens is 1. The van der Waals surface area contributed by atoms with Crippen LogP contribution in [0, 0.1) is 12.7 Å². The Morgan fingerprint density at radius 2 is 2.03 bits per heavy atom. The Morgan fingerprint density at radius 3 is 2.76 bits per heavy atom. The van der Waals surface area contributed by atoms with E-state index in [0.29, 0.717) is 0 Å². The van der Waals surface area contributed by atoms with Crippen molar-refractivity contribution >= 4 is 40.6 Å². The van der Waals surface area contributed by atoms with Gasteiger partial charge in [0.05, 0.1) is 11.6 Å². The van der Waals surface area contributed by atoms with Crippen molar-refractivity contribution in [3.05, 3.63) is 70.1 Å². The van der Waals surface area contributed by atoms with E-state index in [-0.39, 0.29) is 54.5 Å². The first-order chi connectivity index (χ1) is 15.9. The molecule has 0 bridgehead atoms. The van der Waals surface area contributed by atoms with Crippen molar-refractivity contribution in [2.45, 2.75) is 45.3 Å². The molecule has 1 fully saturated rings. The molecule has 4 rings (SSSR count). The second kappa shape index (κ2) is 9.75. The number of aldehydes is 1. The monoisotopic (exact) mass is 469 g/mol. The fourth-order valence-corrected chi connectivity index (χ4v) is 4.19. The van der Waals surface area contributed by atoms with Gasteiger partial charge >= 0.3 is 0 Å². The minimum absolute atomic E-state index is 0.000307. The lowest BCUT2D eigenvalue weighted by atomic mass is 10.1. The Balaban J connectivity index is 1.46. The van der Waals surface area contributed by atoms with E-state index >= 15 is 0 Å². The normalized spacial score (nSPS) is 13.2. The summed E-state index contributed by atoms with van der Waals surface area (Å²) in [7, 11) is 0. The van der Waals surface area contributed by atoms with Crippen molar-refractivity contribution in [3.8, 4) is 0 Å². The molecular formula is C25H25ClFN3O3. The molecule has 0 spiro atoms. The van der Waals surface area contributed by atoms with Crippen LogP contribution < -0.4 is 5.32 Å². The van der Waals surface area contributed by atoms with Crippen LogP contribution in [0.25, 0.3) is 10.9 Å². The summed E-state index contributed by atoms with van der Waals surface area (Å²) < 4.78 is 15.9. The number of carbonyl (C=O) groups is 3. The molecule has 0 unspecified atom stereocenters. The van der Waals surface area contributed by atoms with Crippen LogP contribution in [-0.4, -0.2) is 40.2 Å². The molecule has 1 aromatic heterocycles. The van der Waals surface area contributed by atoms with Crippen LogP contribution in [0.1, 0.15) is 29.5 Å². The molecule has 2 aromatic carbocycles. The lowest BCUT2D eigenvalue weighted by Crippen LogP contribution is -2.43. The number of nitrogens with one attached hydrogen (secondary N) is 1. The maximum atomic E-state index is 14.1. The van der Waals surface area contributed by atoms with Crippen LogP contribution in [0.5, 0.6) is 0 Å². The average molecular weight is 470 g/mol. The first-order valence-corrected chi connectivity index (χ1v) is 11.3. The predicted octanol–water partition coefficient (Wildman–Crippen LogP) is 3.79. The van der Waals surface area contributed by atoms with E-state index in [1.54, 1.807) is 17.0 Å². The van der Waals surface area contributed by atoms with Gasteiger partial charge in [-0.1, -0.05) is 35.9 Å². The lowest BCUT2D eigenvalue weighted by Gasteiger charge is -2.22. The zero-order valence-electron chi connectivity index (χ0n) is 18.3. The van der Waals surface area contributed by atoms with E-state index in [0.717, 1.165) is 41.2 Å². The van der Waals surface area contributed by atoms with Crippen LogP contribution >= 0.6 is 11.6 Å². The van der Waals surface area contributed by atoms with Crippen molar-refractivity contribution in [3.63, 3.8) is 0 Å². The zero-order chi connectivity index (χ0) is 23.5. The molecule has 6 nitrogen and oxygen atoms in total. The Hall–Kier alpha value is -3.19. The van der Waals surface area contributed by atoms with Crippen molar-refractivity contribution in [2.75, 3.05) is 6.54 Å². The second-order valence-corrected chi connectivity index (χ2v) is 8.82. The molecule has 1 aliphatic carbocycles. The van der Waals surface area contributed by atoms with Crippen molar-refractivity contribution in [2.24, 2.45) is 0 Å². The minimum Gasteiger partial charge on any atom is -0.350 e. The third-order valence-electron chi connectivity index (χ3n) is 5.86. The minimum atomic E-state index is -0.560. The van der Waals surface area contributed by atoms with Crippen LogP contribution in [-0.2, 0) is 33.9 Å². The fourth-order valence-electron chi connectivity index (χ4n) is 3.99. The lowest BCUT2D eigenvalue weighted by molar-refractivity contribution is -0.137. The number of benzene rings is 2. The van der Waals surface area contributed by atoms with Gasteiger partial charge in [-0.05, 0) is 43.0 Å². The summed E-state index contributed by atoms with van der Waals surface area (Å²) in [6, 6.07) is 10.6. The van der Waals surface area contributed by atoms with Gasteiger partial charge < -0.3 is 19.6 Å². The summed E-state index contributed by atoms with van der Waals surface area (Å²) in [6.07, 6.45) is 4.66. The molecule has 2 amide bonds. The molecule has 0 atom stereocenters. The smallest absolute Gasteiger partial charge is 0.243 e. The quantitative estimate of drug-likeness (QED) is 0.485. The molecule has 1 heterocycles. The highest BCUT2D eigenvalue weighted by Crippen LogP contribution is 2.28. The van der Waals surface area contributed by atoms with E-state index < -0.39 is 5.82 Å². The number of rotatable bonds is 9. The average Bonchev–Trinajstić information content (AvgIpc) is 3.57. The molecule has 0 saturated heterocycles. The molecule has 1 saturated carbocycles. The molecule has 8 heteroatoms. The van der Waals surface area contributed by atoms with E-state index in [4.69, 9.17) is 11.6 Å². The third-order valence-corrected chi connectivity index (χ3v) is 6.15. The highest BCUT2D eigenvalue weighted by Gasteiger charge is 2.34. The van der Waals surface area contributed by atoms with Gasteiger partial charge in [0.1, 0.15) is 18.6 Å². The van der Waals surface area contributed by atoms with Gasteiger partial charge in [0, 0.05) is 41.7 Å². The summed E-state index contributed by atoms with van der Waals surface area (Å²) >= 11 is 5.79. The van der Waals surface area contributed by atoms with E-state index in [9.17, 15) is 18.8 Å². The van der Waals surface area contributed by atoms with Crippen molar-refractivity contribution < 1.29 is 18.8 Å². The van der Waals surface area contributed by atoms with Gasteiger partial charge in [0.25, 0.3) is 0 Å². The van der Waals surface area contributed by atoms with Crippen LogP contribution in [0.2, 0.25) is 5.02 Å². The number of fused-ring (bicyclic) bond motifs is 1. The predicted molar refractivity (Wildman–Crippen MR) is 124 cm³/mol. The van der Waals surface area contributed by atoms with Crippen molar-refractivity contribution in [1.82, 2.24) is 14.8 Å². The van der Waals surface area contributed by atoms with E-state index in [1.807, 2.05) is 35.9 Å². The molecule has 0 radical (unpaired) electrons. The standard InChI is InChI=1S/C25H25ClFN3O3/c1-16-5-8-20-18(9-10-31)13-29(22(20)11-16)15-24(33)30(19-6-7-19)14-23(32)28-12-17-3-2-4-21(26)25(17)27/h2-5,8,10-11,13,19H,6-7,9,12,14-15H2,1H3,(H,28,32). The zero-order valence-corrected chi connectivity index (χ0v) is 19.1. The first kappa shape index (κ1) is 23.0. The summed E-state index contributed by atoms with van der Waals surface area (Å²) in [6.45, 7) is 1.95. The maximum absolute atomic E-state index is 14.1. The maximum Gasteiger partial charge on any atom is 0.243 e. The molecule has 172 valence electrons. The number of aryl methyl sites for hydroxylation is 1. The fraction of sp³-hybridized carbons (Fsp3) is 0.320. The molecule has 3 aromatic rings. The Kier molecular flexibility index (Phi) is 6.79. The molecule has 0 aliphatic heterocycles. The molecule has 1 N–H and O–H groups in total. The molecular weight excluding hydrogens is 445 g/mol. The Bertz CT molecular complexity index is 1220. The van der Waals surface area contributed by atoms with Gasteiger partial charge in [0.15, 0.2) is 0 Å². The highest BCUT2D eigenvalue weighted by molar-refractivity contribution is 6.30. The summed E-state index contributed by atoms with van der Waals surface area (Å²) in [4.78, 5) is 38.4. The number of amides is 2. The largest absolute Gasteiger partial charge is 0.350 e. The van der Waals surface area contributed by atoms with Crippen molar-refractivity contribution in [1.29, 1.82) is 0 Å². The van der Waals surface area contributed by atoms with Gasteiger partial charge in [0.2, 0.25) is 11.8 Å². The Labute approximate surface area is 196 Å². The molecule has 33 heavy (non-hydrogen) atoms. The van der Waals surface area contributed by atoms with Gasteiger partial charge in [-0.3, -0.25) is 9.59 Å². The van der Waals surface area contributed by atoms with Gasteiger partial charge in [-0.2, -0.15) is 0 Å². The summed E-state index contributed by atoms with van der Waals surface area (Å²) in [5.74, 6) is -1.09.